The molecule has 0 aliphatic carbocycles. The number of amides is 1. The Morgan fingerprint density at radius 3 is 2.43 bits per heavy atom. The van der Waals surface area contributed by atoms with Gasteiger partial charge in [-0.1, -0.05) is 18.2 Å². The zero-order valence-corrected chi connectivity index (χ0v) is 16.2. The lowest BCUT2D eigenvalue weighted by Gasteiger charge is -2.21. The highest BCUT2D eigenvalue weighted by Gasteiger charge is 2.22. The number of carbonyl (C=O) groups is 2. The Kier molecular flexibility index (Phi) is 5.40. The van der Waals surface area contributed by atoms with E-state index >= 15 is 0 Å². The van der Waals surface area contributed by atoms with Crippen LogP contribution in [0.5, 0.6) is 5.75 Å². The fourth-order valence-electron chi connectivity index (χ4n) is 2.99. The zero-order chi connectivity index (χ0) is 20.3. The Morgan fingerprint density at radius 1 is 1.11 bits per heavy atom. The van der Waals surface area contributed by atoms with E-state index < -0.39 is 17.9 Å². The highest BCUT2D eigenvalue weighted by atomic mass is 16.5. The van der Waals surface area contributed by atoms with Crippen LogP contribution in [0.25, 0.3) is 10.9 Å². The molecule has 1 amide bonds. The Labute approximate surface area is 163 Å². The molecule has 6 nitrogen and oxygen atoms in total. The van der Waals surface area contributed by atoms with E-state index in [2.05, 4.69) is 10.3 Å². The van der Waals surface area contributed by atoms with Crippen molar-refractivity contribution in [1.82, 2.24) is 10.3 Å². The smallest absolute Gasteiger partial charge is 0.326 e. The second kappa shape index (κ2) is 7.76. The first kappa shape index (κ1) is 19.5. The molecule has 3 N–H and O–H groups in total. The first-order valence-electron chi connectivity index (χ1n) is 9.11. The second-order valence-electron chi connectivity index (χ2n) is 7.67. The summed E-state index contributed by atoms with van der Waals surface area (Å²) in [6.07, 6.45) is 1.97. The first-order valence-corrected chi connectivity index (χ1v) is 9.11. The molecule has 3 rings (SSSR count). The van der Waals surface area contributed by atoms with Crippen molar-refractivity contribution in [3.63, 3.8) is 0 Å². The fourth-order valence-corrected chi connectivity index (χ4v) is 2.99. The van der Waals surface area contributed by atoms with E-state index in [9.17, 15) is 14.7 Å². The van der Waals surface area contributed by atoms with E-state index in [0.717, 1.165) is 16.5 Å². The number of benzene rings is 2. The number of H-pyrrole nitrogens is 1. The number of aliphatic carboxylic acids is 1. The van der Waals surface area contributed by atoms with Crippen LogP contribution in [-0.2, 0) is 11.2 Å². The van der Waals surface area contributed by atoms with Crippen LogP contribution in [0, 0.1) is 0 Å². The van der Waals surface area contributed by atoms with Gasteiger partial charge < -0.3 is 20.1 Å². The van der Waals surface area contributed by atoms with Crippen molar-refractivity contribution < 1.29 is 19.4 Å². The monoisotopic (exact) mass is 380 g/mol. The molecule has 0 aliphatic rings. The van der Waals surface area contributed by atoms with Crippen LogP contribution < -0.4 is 10.1 Å². The summed E-state index contributed by atoms with van der Waals surface area (Å²) in [4.78, 5) is 27.3. The van der Waals surface area contributed by atoms with E-state index in [1.165, 1.54) is 0 Å². The van der Waals surface area contributed by atoms with Crippen molar-refractivity contribution in [1.29, 1.82) is 0 Å². The maximum Gasteiger partial charge on any atom is 0.326 e. The summed E-state index contributed by atoms with van der Waals surface area (Å²) in [5.74, 6) is -0.863. The zero-order valence-electron chi connectivity index (χ0n) is 16.2. The summed E-state index contributed by atoms with van der Waals surface area (Å²) < 4.78 is 5.74. The minimum atomic E-state index is -1.08. The summed E-state index contributed by atoms with van der Waals surface area (Å²) >= 11 is 0. The molecule has 0 spiro atoms. The molecule has 1 atom stereocenters. The van der Waals surface area contributed by atoms with Gasteiger partial charge in [0.25, 0.3) is 5.91 Å². The topological polar surface area (TPSA) is 91.4 Å². The number of carboxylic acids is 1. The number of fused-ring (bicyclic) bond motifs is 1. The number of nitrogens with one attached hydrogen (secondary N) is 2. The van der Waals surface area contributed by atoms with E-state index in [1.807, 2.05) is 45.0 Å². The van der Waals surface area contributed by atoms with Crippen molar-refractivity contribution >= 4 is 22.8 Å². The number of carbonyl (C=O) groups excluding carboxylic acids is 1. The largest absolute Gasteiger partial charge is 0.488 e. The molecule has 146 valence electrons. The maximum atomic E-state index is 12.5. The van der Waals surface area contributed by atoms with Crippen LogP contribution in [0.15, 0.2) is 54.7 Å². The molecular formula is C22H24N2O4. The van der Waals surface area contributed by atoms with Crippen molar-refractivity contribution in [3.8, 4) is 5.75 Å². The van der Waals surface area contributed by atoms with Crippen LogP contribution in [-0.4, -0.2) is 33.6 Å². The Balaban J connectivity index is 1.72. The van der Waals surface area contributed by atoms with Crippen LogP contribution in [0.2, 0.25) is 0 Å². The number of hydrogen-bond acceptors (Lipinski definition) is 3. The molecule has 2 aromatic carbocycles. The Hall–Kier alpha value is -3.28. The van der Waals surface area contributed by atoms with Gasteiger partial charge in [0.05, 0.1) is 0 Å². The van der Waals surface area contributed by atoms with Crippen molar-refractivity contribution in [2.24, 2.45) is 0 Å². The van der Waals surface area contributed by atoms with Crippen LogP contribution in [0.3, 0.4) is 0 Å². The molecule has 0 bridgehead atoms. The third-order valence-corrected chi connectivity index (χ3v) is 4.24. The first-order chi connectivity index (χ1) is 13.2. The maximum absolute atomic E-state index is 12.5. The molecule has 0 radical (unpaired) electrons. The number of aromatic amines is 1. The highest BCUT2D eigenvalue weighted by Crippen LogP contribution is 2.20. The average Bonchev–Trinajstić information content (AvgIpc) is 3.03. The minimum absolute atomic E-state index is 0.191. The van der Waals surface area contributed by atoms with Gasteiger partial charge in [-0.15, -0.1) is 0 Å². The van der Waals surface area contributed by atoms with Gasteiger partial charge in [0, 0.05) is 29.1 Å². The Bertz CT molecular complexity index is 984. The van der Waals surface area contributed by atoms with Gasteiger partial charge in [0.1, 0.15) is 17.4 Å². The van der Waals surface area contributed by atoms with Crippen LogP contribution in [0.1, 0.15) is 36.7 Å². The fraction of sp³-hybridized carbons (Fsp3) is 0.273. The normalized spacial score (nSPS) is 12.5. The molecule has 1 unspecified atom stereocenters. The third-order valence-electron chi connectivity index (χ3n) is 4.24. The number of hydrogen-bond donors (Lipinski definition) is 3. The van der Waals surface area contributed by atoms with Crippen LogP contribution in [0.4, 0.5) is 0 Å². The van der Waals surface area contributed by atoms with Gasteiger partial charge in [-0.3, -0.25) is 4.79 Å². The standard InChI is InChI=1S/C22H24N2O4/c1-22(2,3)28-16-10-8-14(9-11-16)20(25)24-19(21(26)27)12-15-13-23-18-7-5-4-6-17(15)18/h4-11,13,19,23H,12H2,1-3H3,(H,24,25)(H,26,27). The third kappa shape index (κ3) is 4.71. The molecule has 0 aliphatic heterocycles. The van der Waals surface area contributed by atoms with Crippen molar-refractivity contribution in [2.45, 2.75) is 38.8 Å². The van der Waals surface area contributed by atoms with E-state index in [0.29, 0.717) is 11.3 Å². The average molecular weight is 380 g/mol. The molecule has 6 heteroatoms. The lowest BCUT2D eigenvalue weighted by molar-refractivity contribution is -0.139. The van der Waals surface area contributed by atoms with Crippen molar-refractivity contribution in [2.75, 3.05) is 0 Å². The molecular weight excluding hydrogens is 356 g/mol. The van der Waals surface area contributed by atoms with Crippen molar-refractivity contribution in [3.05, 3.63) is 65.9 Å². The van der Waals surface area contributed by atoms with Gasteiger partial charge in [0.15, 0.2) is 0 Å². The van der Waals surface area contributed by atoms with E-state index in [4.69, 9.17) is 4.74 Å². The van der Waals surface area contributed by atoms with Gasteiger partial charge in [-0.2, -0.15) is 0 Å². The summed E-state index contributed by atoms with van der Waals surface area (Å²) in [6.45, 7) is 5.82. The predicted octanol–water partition coefficient (Wildman–Crippen LogP) is 3.77. The number of para-hydroxylation sites is 1. The summed E-state index contributed by atoms with van der Waals surface area (Å²) in [7, 11) is 0. The van der Waals surface area contributed by atoms with Crippen LogP contribution >= 0.6 is 0 Å². The van der Waals surface area contributed by atoms with Gasteiger partial charge in [0.2, 0.25) is 0 Å². The van der Waals surface area contributed by atoms with E-state index in [1.54, 1.807) is 30.5 Å². The lowest BCUT2D eigenvalue weighted by Crippen LogP contribution is -2.42. The predicted molar refractivity (Wildman–Crippen MR) is 108 cm³/mol. The SMILES string of the molecule is CC(C)(C)Oc1ccc(C(=O)NC(Cc2c[nH]c3ccccc23)C(=O)O)cc1. The van der Waals surface area contributed by atoms with Gasteiger partial charge in [-0.05, 0) is 56.7 Å². The molecule has 28 heavy (non-hydrogen) atoms. The number of rotatable bonds is 6. The number of carboxylic acid groups (broad SMARTS) is 1. The minimum Gasteiger partial charge on any atom is -0.488 e. The Morgan fingerprint density at radius 2 is 1.79 bits per heavy atom. The number of ether oxygens (including phenoxy) is 1. The molecule has 3 aromatic rings. The highest BCUT2D eigenvalue weighted by molar-refractivity contribution is 5.97. The number of aromatic nitrogens is 1. The van der Waals surface area contributed by atoms with Gasteiger partial charge in [-0.25, -0.2) is 4.79 Å². The molecule has 1 heterocycles. The molecule has 0 saturated heterocycles. The molecule has 0 saturated carbocycles. The van der Waals surface area contributed by atoms with E-state index in [-0.39, 0.29) is 12.0 Å². The summed E-state index contributed by atoms with van der Waals surface area (Å²) in [5, 5.41) is 13.1. The molecule has 0 fully saturated rings. The summed E-state index contributed by atoms with van der Waals surface area (Å²) in [5.41, 5.74) is 1.82. The molecule has 1 aromatic heterocycles. The quantitative estimate of drug-likeness (QED) is 0.607. The summed E-state index contributed by atoms with van der Waals surface area (Å²) in [6, 6.07) is 13.3. The second-order valence-corrected chi connectivity index (χ2v) is 7.67. The van der Waals surface area contributed by atoms with Gasteiger partial charge >= 0.3 is 5.97 Å². The lowest BCUT2D eigenvalue weighted by atomic mass is 10.0.